The number of rotatable bonds is 4. The lowest BCUT2D eigenvalue weighted by atomic mass is 10.2. The molecule has 0 saturated heterocycles. The summed E-state index contributed by atoms with van der Waals surface area (Å²) in [7, 11) is 0. The number of carbonyl (C=O) groups excluding carboxylic acids is 1. The average Bonchev–Trinajstić information content (AvgIpc) is 2.84. The van der Waals surface area contributed by atoms with Crippen molar-refractivity contribution in [3.8, 4) is 0 Å². The molecule has 20 heavy (non-hydrogen) atoms. The van der Waals surface area contributed by atoms with Crippen molar-refractivity contribution in [3.63, 3.8) is 0 Å². The smallest absolute Gasteiger partial charge is 0.252 e. The number of nitrogens with zero attached hydrogens (tertiary/aromatic N) is 1. The Kier molecular flexibility index (Phi) is 4.82. The van der Waals surface area contributed by atoms with Crippen molar-refractivity contribution in [2.75, 3.05) is 5.43 Å². The van der Waals surface area contributed by atoms with E-state index in [1.54, 1.807) is 6.07 Å². The molecule has 0 aromatic carbocycles. The third kappa shape index (κ3) is 3.61. The minimum Gasteiger partial charge on any atom is -0.345 e. The second-order valence-electron chi connectivity index (χ2n) is 4.05. The summed E-state index contributed by atoms with van der Waals surface area (Å²) in [4.78, 5) is 17.0. The number of nitrogen functional groups attached to an aromatic ring is 1. The van der Waals surface area contributed by atoms with Crippen molar-refractivity contribution in [3.05, 3.63) is 44.2 Å². The van der Waals surface area contributed by atoms with Gasteiger partial charge in [0.15, 0.2) is 0 Å². The summed E-state index contributed by atoms with van der Waals surface area (Å²) in [5, 5.41) is 3.05. The number of pyridine rings is 1. The Morgan fingerprint density at radius 2 is 2.15 bits per heavy atom. The van der Waals surface area contributed by atoms with Gasteiger partial charge in [0.2, 0.25) is 0 Å². The number of anilines is 1. The summed E-state index contributed by atoms with van der Waals surface area (Å²) in [5.74, 6) is 5.33. The Labute approximate surface area is 130 Å². The Hall–Kier alpha value is -1.34. The molecule has 0 bridgehead atoms. The highest BCUT2D eigenvalue weighted by molar-refractivity contribution is 7.16. The molecule has 0 aliphatic carbocycles. The van der Waals surface area contributed by atoms with Gasteiger partial charge in [-0.1, -0.05) is 23.2 Å². The molecular weight excluding hydrogens is 319 g/mol. The quantitative estimate of drug-likeness (QED) is 0.456. The average molecular weight is 331 g/mol. The Balaban J connectivity index is 2.13. The molecule has 1 unspecified atom stereocenters. The minimum absolute atomic E-state index is 0.152. The first-order valence-electron chi connectivity index (χ1n) is 5.70. The number of halogens is 2. The molecule has 0 radical (unpaired) electrons. The van der Waals surface area contributed by atoms with Gasteiger partial charge >= 0.3 is 0 Å². The van der Waals surface area contributed by atoms with Gasteiger partial charge in [-0.05, 0) is 31.2 Å². The van der Waals surface area contributed by atoms with Gasteiger partial charge in [-0.3, -0.25) is 4.79 Å². The molecule has 2 heterocycles. The van der Waals surface area contributed by atoms with Crippen LogP contribution in [0.4, 0.5) is 5.82 Å². The van der Waals surface area contributed by atoms with Crippen molar-refractivity contribution in [1.82, 2.24) is 10.3 Å². The zero-order valence-corrected chi connectivity index (χ0v) is 12.8. The highest BCUT2D eigenvalue weighted by Crippen LogP contribution is 2.27. The topological polar surface area (TPSA) is 80.0 Å². The molecule has 1 atom stereocenters. The van der Waals surface area contributed by atoms with E-state index < -0.39 is 0 Å². The molecule has 1 amide bonds. The first-order chi connectivity index (χ1) is 9.49. The van der Waals surface area contributed by atoms with Crippen LogP contribution in [0.25, 0.3) is 0 Å². The van der Waals surface area contributed by atoms with Gasteiger partial charge in [-0.15, -0.1) is 11.3 Å². The monoisotopic (exact) mass is 330 g/mol. The lowest BCUT2D eigenvalue weighted by molar-refractivity contribution is 0.0940. The molecule has 0 aliphatic rings. The van der Waals surface area contributed by atoms with Gasteiger partial charge in [-0.2, -0.15) is 0 Å². The fourth-order valence-electron chi connectivity index (χ4n) is 1.61. The van der Waals surface area contributed by atoms with Crippen molar-refractivity contribution in [1.29, 1.82) is 0 Å². The fourth-order valence-corrected chi connectivity index (χ4v) is 2.89. The highest BCUT2D eigenvalue weighted by atomic mass is 35.5. The molecule has 2 aromatic heterocycles. The van der Waals surface area contributed by atoms with E-state index in [1.807, 2.05) is 13.0 Å². The van der Waals surface area contributed by atoms with E-state index >= 15 is 0 Å². The lowest BCUT2D eigenvalue weighted by Gasteiger charge is -2.12. The fraction of sp³-hybridized carbons (Fsp3) is 0.167. The van der Waals surface area contributed by atoms with Crippen LogP contribution < -0.4 is 16.6 Å². The van der Waals surface area contributed by atoms with Crippen LogP contribution in [0, 0.1) is 0 Å². The maximum absolute atomic E-state index is 12.2. The maximum Gasteiger partial charge on any atom is 0.252 e. The number of carbonyl (C=O) groups is 1. The van der Waals surface area contributed by atoms with Crippen molar-refractivity contribution < 1.29 is 4.79 Å². The summed E-state index contributed by atoms with van der Waals surface area (Å²) in [6.45, 7) is 1.88. The van der Waals surface area contributed by atoms with Crippen molar-refractivity contribution in [2.45, 2.75) is 13.0 Å². The van der Waals surface area contributed by atoms with Gasteiger partial charge in [0.1, 0.15) is 11.0 Å². The van der Waals surface area contributed by atoms with Gasteiger partial charge in [0.25, 0.3) is 5.91 Å². The highest BCUT2D eigenvalue weighted by Gasteiger charge is 2.14. The third-order valence-corrected chi connectivity index (χ3v) is 4.18. The molecule has 4 N–H and O–H groups in total. The summed E-state index contributed by atoms with van der Waals surface area (Å²) >= 11 is 13.1. The SMILES string of the molecule is CC(NC(=O)c1cc(Cl)nc(NN)c1)c1ccc(Cl)s1. The van der Waals surface area contributed by atoms with E-state index in [2.05, 4.69) is 15.7 Å². The number of nitrogens with one attached hydrogen (secondary N) is 2. The van der Waals surface area contributed by atoms with Crippen LogP contribution in [-0.4, -0.2) is 10.9 Å². The number of nitrogens with two attached hydrogens (primary N) is 1. The Morgan fingerprint density at radius 3 is 2.75 bits per heavy atom. The maximum atomic E-state index is 12.2. The Bertz CT molecular complexity index is 632. The van der Waals surface area contributed by atoms with Crippen LogP contribution in [0.2, 0.25) is 9.49 Å². The molecule has 106 valence electrons. The van der Waals surface area contributed by atoms with Crippen LogP contribution in [0.5, 0.6) is 0 Å². The number of hydrazine groups is 1. The first-order valence-corrected chi connectivity index (χ1v) is 7.27. The van der Waals surface area contributed by atoms with E-state index in [0.717, 1.165) is 4.88 Å². The predicted molar refractivity (Wildman–Crippen MR) is 82.3 cm³/mol. The summed E-state index contributed by atoms with van der Waals surface area (Å²) in [5.41, 5.74) is 2.74. The normalized spacial score (nSPS) is 12.0. The van der Waals surface area contributed by atoms with Gasteiger partial charge in [0.05, 0.1) is 10.4 Å². The predicted octanol–water partition coefficient (Wildman–Crippen LogP) is 3.23. The number of hydrogen-bond donors (Lipinski definition) is 3. The molecule has 0 fully saturated rings. The summed E-state index contributed by atoms with van der Waals surface area (Å²) in [6.07, 6.45) is 0. The van der Waals surface area contributed by atoms with E-state index in [9.17, 15) is 4.79 Å². The number of aromatic nitrogens is 1. The molecule has 2 aromatic rings. The number of amides is 1. The van der Waals surface area contributed by atoms with Gasteiger partial charge in [-0.25, -0.2) is 10.8 Å². The van der Waals surface area contributed by atoms with Crippen molar-refractivity contribution >= 4 is 46.3 Å². The molecule has 0 aliphatic heterocycles. The number of thiophene rings is 1. The van der Waals surface area contributed by atoms with Crippen LogP contribution in [-0.2, 0) is 0 Å². The zero-order valence-electron chi connectivity index (χ0n) is 10.5. The van der Waals surface area contributed by atoms with Crippen LogP contribution in [0.1, 0.15) is 28.2 Å². The summed E-state index contributed by atoms with van der Waals surface area (Å²) < 4.78 is 0.683. The minimum atomic E-state index is -0.261. The van der Waals surface area contributed by atoms with Gasteiger partial charge in [0, 0.05) is 10.4 Å². The molecule has 0 saturated carbocycles. The molecule has 8 heteroatoms. The van der Waals surface area contributed by atoms with E-state index in [1.165, 1.54) is 23.5 Å². The summed E-state index contributed by atoms with van der Waals surface area (Å²) in [6, 6.07) is 6.52. The molecule has 0 spiro atoms. The van der Waals surface area contributed by atoms with E-state index in [4.69, 9.17) is 29.0 Å². The second-order valence-corrected chi connectivity index (χ2v) is 6.18. The van der Waals surface area contributed by atoms with E-state index in [0.29, 0.717) is 15.7 Å². The molecule has 5 nitrogen and oxygen atoms in total. The lowest BCUT2D eigenvalue weighted by Crippen LogP contribution is -2.26. The number of hydrogen-bond acceptors (Lipinski definition) is 5. The standard InChI is InChI=1S/C12H12Cl2N4OS/c1-6(8-2-3-10(14)20-8)16-12(19)7-4-9(13)17-11(5-7)18-15/h2-6H,15H2,1H3,(H,16,19)(H,17,18). The molecule has 2 rings (SSSR count). The van der Waals surface area contributed by atoms with Gasteiger partial charge < -0.3 is 10.7 Å². The molecular formula is C12H12Cl2N4OS. The van der Waals surface area contributed by atoms with E-state index in [-0.39, 0.29) is 17.1 Å². The van der Waals surface area contributed by atoms with Crippen LogP contribution in [0.3, 0.4) is 0 Å². The largest absolute Gasteiger partial charge is 0.345 e. The second kappa shape index (κ2) is 6.41. The third-order valence-electron chi connectivity index (χ3n) is 2.57. The Morgan fingerprint density at radius 1 is 1.40 bits per heavy atom. The van der Waals surface area contributed by atoms with Crippen LogP contribution in [0.15, 0.2) is 24.3 Å². The first kappa shape index (κ1) is 15.1. The van der Waals surface area contributed by atoms with Crippen LogP contribution >= 0.6 is 34.5 Å². The zero-order chi connectivity index (χ0) is 14.7. The van der Waals surface area contributed by atoms with Crippen molar-refractivity contribution in [2.24, 2.45) is 5.84 Å².